The van der Waals surface area contributed by atoms with Gasteiger partial charge in [-0.1, -0.05) is 60.7 Å². The van der Waals surface area contributed by atoms with Gasteiger partial charge in [-0.15, -0.1) is 0 Å². The van der Waals surface area contributed by atoms with Crippen molar-refractivity contribution in [2.45, 2.75) is 26.7 Å². The van der Waals surface area contributed by atoms with E-state index >= 15 is 0 Å². The first-order valence-corrected chi connectivity index (χ1v) is 8.13. The second-order valence-electron chi connectivity index (χ2n) is 5.88. The highest BCUT2D eigenvalue weighted by Crippen LogP contribution is 2.09. The van der Waals surface area contributed by atoms with Crippen LogP contribution >= 0.6 is 0 Å². The Morgan fingerprint density at radius 1 is 0.920 bits per heavy atom. The normalized spacial score (nSPS) is 10.8. The fourth-order valence-electron chi connectivity index (χ4n) is 2.71. The molecule has 128 valence electrons. The summed E-state index contributed by atoms with van der Waals surface area (Å²) in [6.45, 7) is 2.28. The van der Waals surface area contributed by atoms with Crippen molar-refractivity contribution in [3.8, 4) is 0 Å². The largest absolute Gasteiger partial charge is 0.356 e. The van der Waals surface area contributed by atoms with Crippen molar-refractivity contribution in [2.24, 2.45) is 0 Å². The van der Waals surface area contributed by atoms with Gasteiger partial charge in [0, 0.05) is 17.7 Å². The van der Waals surface area contributed by atoms with E-state index in [2.05, 4.69) is 4.98 Å². The highest BCUT2D eigenvalue weighted by molar-refractivity contribution is 5.26. The van der Waals surface area contributed by atoms with E-state index in [0.29, 0.717) is 24.3 Å². The molecular weight excluding hydrogens is 316 g/mol. The molecule has 0 spiro atoms. The summed E-state index contributed by atoms with van der Waals surface area (Å²) >= 11 is 0. The fourth-order valence-corrected chi connectivity index (χ4v) is 2.71. The quantitative estimate of drug-likeness (QED) is 0.752. The van der Waals surface area contributed by atoms with E-state index in [4.69, 9.17) is 4.74 Å². The summed E-state index contributed by atoms with van der Waals surface area (Å²) in [6, 6.07) is 19.4. The summed E-state index contributed by atoms with van der Waals surface area (Å²) in [5.41, 5.74) is 2.46. The van der Waals surface area contributed by atoms with Crippen LogP contribution < -0.4 is 11.2 Å². The molecule has 1 N–H and O–H groups in total. The van der Waals surface area contributed by atoms with E-state index in [1.54, 1.807) is 6.92 Å². The van der Waals surface area contributed by atoms with Crippen molar-refractivity contribution < 1.29 is 4.74 Å². The van der Waals surface area contributed by atoms with Crippen molar-refractivity contribution in [3.63, 3.8) is 0 Å². The summed E-state index contributed by atoms with van der Waals surface area (Å²) in [7, 11) is 0. The average molecular weight is 336 g/mol. The Balaban J connectivity index is 1.80. The van der Waals surface area contributed by atoms with Crippen LogP contribution in [0.2, 0.25) is 0 Å². The molecule has 5 nitrogen and oxygen atoms in total. The summed E-state index contributed by atoms with van der Waals surface area (Å²) in [4.78, 5) is 26.7. The van der Waals surface area contributed by atoms with Gasteiger partial charge in [0.1, 0.15) is 6.73 Å². The number of nitrogens with zero attached hydrogens (tertiary/aromatic N) is 1. The summed E-state index contributed by atoms with van der Waals surface area (Å²) in [5.74, 6) is 0. The van der Waals surface area contributed by atoms with Crippen LogP contribution in [0.3, 0.4) is 0 Å². The minimum absolute atomic E-state index is 0.0954. The van der Waals surface area contributed by atoms with Gasteiger partial charge < -0.3 is 4.74 Å². The number of ether oxygens (including phenoxy) is 1. The Bertz CT molecular complexity index is 944. The molecule has 0 aliphatic heterocycles. The van der Waals surface area contributed by atoms with Crippen LogP contribution in [0.1, 0.15) is 22.4 Å². The first-order valence-electron chi connectivity index (χ1n) is 8.13. The Hall–Kier alpha value is -2.92. The second-order valence-corrected chi connectivity index (χ2v) is 5.88. The zero-order valence-electron chi connectivity index (χ0n) is 14.1. The number of hydrogen-bond acceptors (Lipinski definition) is 3. The zero-order valence-corrected chi connectivity index (χ0v) is 14.1. The lowest BCUT2D eigenvalue weighted by atomic mass is 10.1. The van der Waals surface area contributed by atoms with E-state index in [9.17, 15) is 9.59 Å². The van der Waals surface area contributed by atoms with Gasteiger partial charge in [-0.3, -0.25) is 14.3 Å². The number of aromatic nitrogens is 2. The van der Waals surface area contributed by atoms with E-state index in [1.807, 2.05) is 60.7 Å². The number of nitrogens with one attached hydrogen (secondary N) is 1. The molecule has 0 amide bonds. The van der Waals surface area contributed by atoms with Gasteiger partial charge in [-0.05, 0) is 18.1 Å². The smallest absolute Gasteiger partial charge is 0.330 e. The number of rotatable bonds is 6. The van der Waals surface area contributed by atoms with E-state index in [0.717, 1.165) is 11.1 Å². The SMILES string of the molecule is Cc1c(Cc2ccccc2)c(=O)[nH]c(=O)n1COCc1ccccc1. The Morgan fingerprint density at radius 3 is 2.16 bits per heavy atom. The van der Waals surface area contributed by atoms with Gasteiger partial charge in [-0.2, -0.15) is 0 Å². The molecule has 0 unspecified atom stereocenters. The maximum atomic E-state index is 12.2. The van der Waals surface area contributed by atoms with Crippen molar-refractivity contribution in [3.05, 3.63) is 104 Å². The van der Waals surface area contributed by atoms with Crippen LogP contribution in [0, 0.1) is 6.92 Å². The third kappa shape index (κ3) is 4.14. The average Bonchev–Trinajstić information content (AvgIpc) is 2.63. The molecule has 1 heterocycles. The summed E-state index contributed by atoms with van der Waals surface area (Å²) < 4.78 is 7.11. The van der Waals surface area contributed by atoms with Crippen molar-refractivity contribution in [1.29, 1.82) is 0 Å². The molecule has 25 heavy (non-hydrogen) atoms. The second kappa shape index (κ2) is 7.77. The predicted octanol–water partition coefficient (Wildman–Crippen LogP) is 2.61. The minimum atomic E-state index is -0.452. The third-order valence-electron chi connectivity index (χ3n) is 4.14. The van der Waals surface area contributed by atoms with Gasteiger partial charge in [0.05, 0.1) is 6.61 Å². The fraction of sp³-hybridized carbons (Fsp3) is 0.200. The Morgan fingerprint density at radius 2 is 1.52 bits per heavy atom. The van der Waals surface area contributed by atoms with Crippen molar-refractivity contribution in [1.82, 2.24) is 9.55 Å². The van der Waals surface area contributed by atoms with E-state index < -0.39 is 5.69 Å². The Kier molecular flexibility index (Phi) is 5.26. The highest BCUT2D eigenvalue weighted by atomic mass is 16.5. The first kappa shape index (κ1) is 16.9. The zero-order chi connectivity index (χ0) is 17.6. The summed E-state index contributed by atoms with van der Waals surface area (Å²) in [6.07, 6.45) is 0.473. The van der Waals surface area contributed by atoms with Crippen molar-refractivity contribution in [2.75, 3.05) is 0 Å². The van der Waals surface area contributed by atoms with Crippen LogP contribution in [0.5, 0.6) is 0 Å². The number of hydrogen-bond donors (Lipinski definition) is 1. The lowest BCUT2D eigenvalue weighted by Gasteiger charge is -2.13. The van der Waals surface area contributed by atoms with Crippen molar-refractivity contribution >= 4 is 0 Å². The summed E-state index contributed by atoms with van der Waals surface area (Å²) in [5, 5.41) is 0. The van der Waals surface area contributed by atoms with Crippen LogP contribution in [0.4, 0.5) is 0 Å². The lowest BCUT2D eigenvalue weighted by Crippen LogP contribution is -2.35. The number of benzene rings is 2. The minimum Gasteiger partial charge on any atom is -0.356 e. The molecule has 0 fully saturated rings. The Labute approximate surface area is 145 Å². The third-order valence-corrected chi connectivity index (χ3v) is 4.14. The van der Waals surface area contributed by atoms with Gasteiger partial charge in [0.2, 0.25) is 0 Å². The maximum Gasteiger partial charge on any atom is 0.330 e. The molecule has 5 heteroatoms. The molecule has 0 atom stereocenters. The van der Waals surface area contributed by atoms with Gasteiger partial charge in [0.25, 0.3) is 5.56 Å². The molecule has 2 aromatic carbocycles. The molecule has 3 rings (SSSR count). The standard InChI is InChI=1S/C20H20N2O3/c1-15-18(12-16-8-4-2-5-9-16)19(23)21-20(24)22(15)14-25-13-17-10-6-3-7-11-17/h2-11H,12-14H2,1H3,(H,21,23,24). The molecular formula is C20H20N2O3. The molecule has 0 radical (unpaired) electrons. The molecule has 1 aromatic heterocycles. The molecule has 0 bridgehead atoms. The van der Waals surface area contributed by atoms with Crippen LogP contribution in [-0.2, 0) is 24.5 Å². The number of aromatic amines is 1. The molecule has 0 aliphatic rings. The monoisotopic (exact) mass is 336 g/mol. The van der Waals surface area contributed by atoms with Crippen LogP contribution in [0.15, 0.2) is 70.3 Å². The highest BCUT2D eigenvalue weighted by Gasteiger charge is 2.12. The van der Waals surface area contributed by atoms with E-state index in [1.165, 1.54) is 4.57 Å². The maximum absolute atomic E-state index is 12.2. The lowest BCUT2D eigenvalue weighted by molar-refractivity contribution is 0.0593. The van der Waals surface area contributed by atoms with Gasteiger partial charge >= 0.3 is 5.69 Å². The predicted molar refractivity (Wildman–Crippen MR) is 96.5 cm³/mol. The van der Waals surface area contributed by atoms with Gasteiger partial charge in [0.15, 0.2) is 0 Å². The molecule has 3 aromatic rings. The van der Waals surface area contributed by atoms with Crippen LogP contribution in [-0.4, -0.2) is 9.55 Å². The molecule has 0 aliphatic carbocycles. The number of H-pyrrole nitrogens is 1. The molecule has 0 saturated heterocycles. The molecule has 0 saturated carbocycles. The van der Waals surface area contributed by atoms with E-state index in [-0.39, 0.29) is 12.3 Å². The van der Waals surface area contributed by atoms with Gasteiger partial charge in [-0.25, -0.2) is 4.79 Å². The van der Waals surface area contributed by atoms with Crippen LogP contribution in [0.25, 0.3) is 0 Å². The first-order chi connectivity index (χ1) is 12.1. The topological polar surface area (TPSA) is 64.1 Å².